The maximum Gasteiger partial charge on any atom is 0.255 e. The van der Waals surface area contributed by atoms with Gasteiger partial charge in [-0.05, 0) is 67.8 Å². The van der Waals surface area contributed by atoms with Crippen molar-refractivity contribution in [3.63, 3.8) is 0 Å². The predicted molar refractivity (Wildman–Crippen MR) is 156 cm³/mol. The van der Waals surface area contributed by atoms with Crippen LogP contribution in [0.2, 0.25) is 5.02 Å². The van der Waals surface area contributed by atoms with Crippen LogP contribution in [0.1, 0.15) is 29.7 Å². The number of halogens is 1. The van der Waals surface area contributed by atoms with Gasteiger partial charge in [0.15, 0.2) is 5.17 Å². The molecule has 196 valence electrons. The quantitative estimate of drug-likeness (QED) is 0.324. The number of anilines is 2. The number of amidine groups is 1. The molecular formula is C29H29ClN4O3S. The van der Waals surface area contributed by atoms with Crippen LogP contribution in [0.4, 0.5) is 11.4 Å². The molecule has 0 spiro atoms. The van der Waals surface area contributed by atoms with E-state index in [-0.39, 0.29) is 17.6 Å². The first-order chi connectivity index (χ1) is 18.3. The monoisotopic (exact) mass is 548 g/mol. The van der Waals surface area contributed by atoms with Gasteiger partial charge in [-0.15, -0.1) is 0 Å². The Morgan fingerprint density at radius 3 is 2.53 bits per heavy atom. The van der Waals surface area contributed by atoms with Crippen LogP contribution in [0.5, 0.6) is 5.75 Å². The number of nitrogens with zero attached hydrogens (tertiary/aromatic N) is 1. The molecule has 0 aromatic heterocycles. The number of carbonyl (C=O) groups excluding carboxylic acids is 2. The molecule has 0 bridgehead atoms. The predicted octanol–water partition coefficient (Wildman–Crippen LogP) is 6.25. The summed E-state index contributed by atoms with van der Waals surface area (Å²) in [5, 5.41) is 10.2. The second-order valence-corrected chi connectivity index (χ2v) is 10.2. The van der Waals surface area contributed by atoms with Crippen LogP contribution >= 0.6 is 23.4 Å². The van der Waals surface area contributed by atoms with Crippen molar-refractivity contribution in [2.75, 3.05) is 23.5 Å². The van der Waals surface area contributed by atoms with Crippen molar-refractivity contribution >= 4 is 51.7 Å². The molecule has 1 atom stereocenters. The first kappa shape index (κ1) is 27.3. The number of para-hydroxylation sites is 1. The summed E-state index contributed by atoms with van der Waals surface area (Å²) in [7, 11) is 1.61. The van der Waals surface area contributed by atoms with Crippen molar-refractivity contribution in [2.45, 2.75) is 26.8 Å². The van der Waals surface area contributed by atoms with E-state index < -0.39 is 6.04 Å². The number of thioether (sulfide) groups is 1. The van der Waals surface area contributed by atoms with Crippen LogP contribution in [0.25, 0.3) is 0 Å². The Hall–Kier alpha value is -3.75. The Morgan fingerprint density at radius 1 is 1.03 bits per heavy atom. The minimum absolute atomic E-state index is 0.126. The van der Waals surface area contributed by atoms with E-state index in [0.717, 1.165) is 16.7 Å². The SMILES string of the molecule is COc1cc([C@H]2N=C(SCC(=O)Nc3cccc(Cl)c3C)NC(C)=C2C(=O)Nc2ccccc2)ccc1C. The van der Waals surface area contributed by atoms with E-state index in [9.17, 15) is 9.59 Å². The third-order valence-corrected chi connectivity index (χ3v) is 7.42. The Morgan fingerprint density at radius 2 is 1.79 bits per heavy atom. The zero-order valence-electron chi connectivity index (χ0n) is 21.6. The average molecular weight is 549 g/mol. The van der Waals surface area contributed by atoms with Gasteiger partial charge in [-0.2, -0.15) is 0 Å². The number of rotatable bonds is 7. The summed E-state index contributed by atoms with van der Waals surface area (Å²) in [6.07, 6.45) is 0. The molecule has 7 nitrogen and oxygen atoms in total. The molecule has 3 aromatic rings. The fourth-order valence-electron chi connectivity index (χ4n) is 4.05. The van der Waals surface area contributed by atoms with E-state index in [1.807, 2.05) is 75.4 Å². The minimum Gasteiger partial charge on any atom is -0.496 e. The van der Waals surface area contributed by atoms with Crippen LogP contribution in [-0.4, -0.2) is 29.8 Å². The zero-order chi connectivity index (χ0) is 27.2. The number of hydrogen-bond acceptors (Lipinski definition) is 6. The van der Waals surface area contributed by atoms with E-state index in [0.29, 0.717) is 38.6 Å². The van der Waals surface area contributed by atoms with Gasteiger partial charge in [-0.3, -0.25) is 9.59 Å². The zero-order valence-corrected chi connectivity index (χ0v) is 23.2. The number of aryl methyl sites for hydroxylation is 1. The third kappa shape index (κ3) is 6.38. The number of hydrogen-bond donors (Lipinski definition) is 3. The average Bonchev–Trinajstić information content (AvgIpc) is 2.90. The van der Waals surface area contributed by atoms with Crippen LogP contribution in [0, 0.1) is 13.8 Å². The van der Waals surface area contributed by atoms with E-state index in [1.54, 1.807) is 19.2 Å². The molecule has 2 amide bonds. The maximum atomic E-state index is 13.4. The topological polar surface area (TPSA) is 91.8 Å². The lowest BCUT2D eigenvalue weighted by Gasteiger charge is -2.27. The van der Waals surface area contributed by atoms with Crippen molar-refractivity contribution in [1.82, 2.24) is 5.32 Å². The first-order valence-corrected chi connectivity index (χ1v) is 13.4. The molecule has 0 saturated carbocycles. The largest absolute Gasteiger partial charge is 0.496 e. The van der Waals surface area contributed by atoms with Gasteiger partial charge in [0.1, 0.15) is 11.8 Å². The van der Waals surface area contributed by atoms with E-state index >= 15 is 0 Å². The van der Waals surface area contributed by atoms with Gasteiger partial charge in [0, 0.05) is 22.1 Å². The minimum atomic E-state index is -0.588. The molecule has 0 unspecified atom stereocenters. The summed E-state index contributed by atoms with van der Waals surface area (Å²) in [6.45, 7) is 5.65. The summed E-state index contributed by atoms with van der Waals surface area (Å²) in [6, 6.07) is 19.9. The molecule has 0 aliphatic carbocycles. The van der Waals surface area contributed by atoms with E-state index in [1.165, 1.54) is 11.8 Å². The molecule has 1 heterocycles. The number of allylic oxidation sites excluding steroid dienone is 1. The standard InChI is InChI=1S/C29H29ClN4O3S/c1-17-13-14-20(15-24(17)37-4)27-26(28(36)32-21-9-6-5-7-10-21)19(3)31-29(34-27)38-16-25(35)33-23-12-8-11-22(30)18(23)2/h5-15,27H,16H2,1-4H3,(H,31,34)(H,32,36)(H,33,35)/t27-/m1/s1. The molecule has 1 aliphatic heterocycles. The lowest BCUT2D eigenvalue weighted by molar-refractivity contribution is -0.114. The number of amides is 2. The van der Waals surface area contributed by atoms with Gasteiger partial charge in [-0.1, -0.05) is 59.8 Å². The van der Waals surface area contributed by atoms with Crippen LogP contribution in [-0.2, 0) is 9.59 Å². The van der Waals surface area contributed by atoms with Gasteiger partial charge >= 0.3 is 0 Å². The molecule has 3 N–H and O–H groups in total. The Bertz CT molecular complexity index is 1420. The maximum absolute atomic E-state index is 13.4. The number of nitrogens with one attached hydrogen (secondary N) is 3. The number of methoxy groups -OCH3 is 1. The highest BCUT2D eigenvalue weighted by Crippen LogP contribution is 2.35. The smallest absolute Gasteiger partial charge is 0.255 e. The number of carbonyl (C=O) groups is 2. The third-order valence-electron chi connectivity index (χ3n) is 6.12. The van der Waals surface area contributed by atoms with Crippen LogP contribution < -0.4 is 20.7 Å². The van der Waals surface area contributed by atoms with E-state index in [4.69, 9.17) is 21.3 Å². The molecule has 1 aliphatic rings. The Balaban J connectivity index is 1.58. The summed E-state index contributed by atoms with van der Waals surface area (Å²) in [5.41, 5.74) is 5.10. The fraction of sp³-hybridized carbons (Fsp3) is 0.207. The highest BCUT2D eigenvalue weighted by atomic mass is 35.5. The molecule has 0 fully saturated rings. The highest BCUT2D eigenvalue weighted by Gasteiger charge is 2.30. The first-order valence-electron chi connectivity index (χ1n) is 12.0. The van der Waals surface area contributed by atoms with Crippen molar-refractivity contribution in [1.29, 1.82) is 0 Å². The molecule has 3 aromatic carbocycles. The summed E-state index contributed by atoms with van der Waals surface area (Å²) < 4.78 is 5.53. The fourth-order valence-corrected chi connectivity index (χ4v) is 4.97. The van der Waals surface area contributed by atoms with Crippen molar-refractivity contribution < 1.29 is 14.3 Å². The Kier molecular flexibility index (Phi) is 8.76. The van der Waals surface area contributed by atoms with Crippen LogP contribution in [0.3, 0.4) is 0 Å². The van der Waals surface area contributed by atoms with Gasteiger partial charge < -0.3 is 20.7 Å². The van der Waals surface area contributed by atoms with Gasteiger partial charge in [0.25, 0.3) is 5.91 Å². The lowest BCUT2D eigenvalue weighted by atomic mass is 9.94. The number of benzene rings is 3. The lowest BCUT2D eigenvalue weighted by Crippen LogP contribution is -2.32. The summed E-state index contributed by atoms with van der Waals surface area (Å²) in [4.78, 5) is 31.0. The van der Waals surface area contributed by atoms with Gasteiger partial charge in [0.2, 0.25) is 5.91 Å². The van der Waals surface area contributed by atoms with Crippen molar-refractivity contribution in [3.05, 3.63) is 99.7 Å². The Labute approximate surface area is 231 Å². The molecule has 38 heavy (non-hydrogen) atoms. The number of aliphatic imine (C=N–C) groups is 1. The normalized spacial score (nSPS) is 14.9. The molecule has 9 heteroatoms. The second-order valence-electron chi connectivity index (χ2n) is 8.80. The molecule has 0 radical (unpaired) electrons. The molecular weight excluding hydrogens is 520 g/mol. The second kappa shape index (κ2) is 12.2. The highest BCUT2D eigenvalue weighted by molar-refractivity contribution is 8.14. The summed E-state index contributed by atoms with van der Waals surface area (Å²) in [5.74, 6) is 0.392. The van der Waals surface area contributed by atoms with Crippen LogP contribution in [0.15, 0.2) is 83.0 Å². The van der Waals surface area contributed by atoms with E-state index in [2.05, 4.69) is 16.0 Å². The van der Waals surface area contributed by atoms with Crippen molar-refractivity contribution in [3.8, 4) is 5.75 Å². The number of ether oxygens (including phenoxy) is 1. The van der Waals surface area contributed by atoms with Crippen molar-refractivity contribution in [2.24, 2.45) is 4.99 Å². The molecule has 0 saturated heterocycles. The molecule has 4 rings (SSSR count). The van der Waals surface area contributed by atoms with Gasteiger partial charge in [-0.25, -0.2) is 4.99 Å². The van der Waals surface area contributed by atoms with Gasteiger partial charge in [0.05, 0.1) is 18.4 Å². The summed E-state index contributed by atoms with van der Waals surface area (Å²) >= 11 is 7.44.